The van der Waals surface area contributed by atoms with Crippen molar-refractivity contribution in [1.82, 2.24) is 0 Å². The molecule has 4 heteroatoms. The van der Waals surface area contributed by atoms with Crippen LogP contribution in [-0.2, 0) is 6.54 Å². The minimum absolute atomic E-state index is 0.858. The number of aryl methyl sites for hydroxylation is 1. The van der Waals surface area contributed by atoms with E-state index in [2.05, 4.69) is 78.1 Å². The van der Waals surface area contributed by atoms with Gasteiger partial charge in [-0.05, 0) is 38.1 Å². The molecule has 136 valence electrons. The number of benzene rings is 2. The number of hydrogen-bond acceptors (Lipinski definition) is 3. The molecule has 0 unspecified atom stereocenters. The predicted molar refractivity (Wildman–Crippen MR) is 112 cm³/mol. The lowest BCUT2D eigenvalue weighted by Gasteiger charge is -2.17. The molecular formula is C23H23N2OS+. The van der Waals surface area contributed by atoms with Gasteiger partial charge in [-0.2, -0.15) is 4.57 Å². The Hall–Kier alpha value is -2.72. The maximum absolute atomic E-state index is 6.10. The van der Waals surface area contributed by atoms with Crippen molar-refractivity contribution in [2.45, 2.75) is 25.3 Å². The Kier molecular flexibility index (Phi) is 5.16. The van der Waals surface area contributed by atoms with Crippen LogP contribution in [0.1, 0.15) is 19.7 Å². The van der Waals surface area contributed by atoms with E-state index in [1.807, 2.05) is 36.0 Å². The van der Waals surface area contributed by atoms with Crippen molar-refractivity contribution in [2.24, 2.45) is 0 Å². The van der Waals surface area contributed by atoms with E-state index in [1.165, 1.54) is 15.6 Å². The minimum atomic E-state index is 0.858. The molecule has 1 aliphatic heterocycles. The second-order valence-electron chi connectivity index (χ2n) is 6.26. The predicted octanol–water partition coefficient (Wildman–Crippen LogP) is 5.74. The second-order valence-corrected chi connectivity index (χ2v) is 7.33. The first kappa shape index (κ1) is 17.7. The minimum Gasteiger partial charge on any atom is -0.398 e. The van der Waals surface area contributed by atoms with Crippen LogP contribution in [0.3, 0.4) is 0 Å². The molecule has 0 saturated carbocycles. The van der Waals surface area contributed by atoms with E-state index >= 15 is 0 Å². The van der Waals surface area contributed by atoms with Gasteiger partial charge in [0, 0.05) is 17.0 Å². The van der Waals surface area contributed by atoms with E-state index in [9.17, 15) is 0 Å². The summed E-state index contributed by atoms with van der Waals surface area (Å²) < 4.78 is 8.23. The van der Waals surface area contributed by atoms with E-state index in [1.54, 1.807) is 0 Å². The number of para-hydroxylation sites is 1. The van der Waals surface area contributed by atoms with Crippen molar-refractivity contribution in [2.75, 3.05) is 11.4 Å². The maximum atomic E-state index is 6.10. The zero-order chi connectivity index (χ0) is 18.6. The number of hydrogen-bond donors (Lipinski definition) is 0. The zero-order valence-electron chi connectivity index (χ0n) is 15.6. The van der Waals surface area contributed by atoms with Gasteiger partial charge in [-0.3, -0.25) is 0 Å². The lowest BCUT2D eigenvalue weighted by molar-refractivity contribution is -0.698. The molecule has 3 aromatic rings. The van der Waals surface area contributed by atoms with Crippen molar-refractivity contribution < 1.29 is 8.98 Å². The lowest BCUT2D eigenvalue weighted by atomic mass is 10.2. The highest BCUT2D eigenvalue weighted by molar-refractivity contribution is 8.03. The molecule has 2 heterocycles. The third kappa shape index (κ3) is 3.58. The van der Waals surface area contributed by atoms with Crippen molar-refractivity contribution in [3.63, 3.8) is 0 Å². The Labute approximate surface area is 164 Å². The van der Waals surface area contributed by atoms with E-state index in [0.717, 1.165) is 30.3 Å². The first-order valence-electron chi connectivity index (χ1n) is 9.31. The highest BCUT2D eigenvalue weighted by Gasteiger charge is 2.22. The largest absolute Gasteiger partial charge is 0.398 e. The normalized spacial score (nSPS) is 15.0. The fraction of sp³-hybridized carbons (Fsp3) is 0.174. The molecule has 0 amide bonds. The third-order valence-corrected chi connectivity index (χ3v) is 5.73. The Balaban J connectivity index is 1.59. The molecule has 0 bridgehead atoms. The van der Waals surface area contributed by atoms with Crippen LogP contribution >= 0.6 is 11.8 Å². The number of oxazole rings is 1. The molecular weight excluding hydrogens is 352 g/mol. The van der Waals surface area contributed by atoms with Crippen LogP contribution in [0, 0.1) is 0 Å². The van der Waals surface area contributed by atoms with Crippen molar-refractivity contribution in [3.05, 3.63) is 83.9 Å². The third-order valence-electron chi connectivity index (χ3n) is 4.60. The van der Waals surface area contributed by atoms with Gasteiger partial charge in [-0.15, -0.1) is 0 Å². The van der Waals surface area contributed by atoms with Crippen molar-refractivity contribution >= 4 is 23.5 Å². The Morgan fingerprint density at radius 2 is 1.81 bits per heavy atom. The first-order valence-corrected chi connectivity index (χ1v) is 10.1. The summed E-state index contributed by atoms with van der Waals surface area (Å²) in [6, 6.07) is 18.8. The van der Waals surface area contributed by atoms with Crippen molar-refractivity contribution in [1.29, 1.82) is 0 Å². The summed E-state index contributed by atoms with van der Waals surface area (Å²) in [5, 5.41) is 1.24. The number of aromatic nitrogens is 1. The van der Waals surface area contributed by atoms with Crippen LogP contribution in [0.5, 0.6) is 0 Å². The van der Waals surface area contributed by atoms with E-state index in [0.29, 0.717) is 0 Å². The zero-order valence-corrected chi connectivity index (χ0v) is 16.4. The standard InChI is InChI=1S/C23H23N2OS/c1-3-24-17-20(18-11-6-5-7-12-18)26-22(24)15-10-16-23-25(4-2)19-13-8-9-14-21(19)27-23/h5-17H,3-4H2,1-2H3/q+1. The number of rotatable bonds is 5. The summed E-state index contributed by atoms with van der Waals surface area (Å²) in [4.78, 5) is 3.66. The SMILES string of the molecule is CCN1/C(=C/C=C/c2oc(-c3ccccc3)c[n+]2CC)Sc2ccccc21. The van der Waals surface area contributed by atoms with Gasteiger partial charge in [0.2, 0.25) is 12.0 Å². The number of fused-ring (bicyclic) bond motifs is 1. The molecule has 0 N–H and O–H groups in total. The average Bonchev–Trinajstić information content (AvgIpc) is 3.29. The summed E-state index contributed by atoms with van der Waals surface area (Å²) in [6.07, 6.45) is 8.36. The second kappa shape index (κ2) is 7.89. The lowest BCUT2D eigenvalue weighted by Crippen LogP contribution is -2.32. The van der Waals surface area contributed by atoms with Crippen LogP contribution in [0.15, 0.2) is 87.3 Å². The summed E-state index contributed by atoms with van der Waals surface area (Å²) in [5.41, 5.74) is 2.38. The van der Waals surface area contributed by atoms with Gasteiger partial charge in [-0.1, -0.05) is 54.2 Å². The summed E-state index contributed by atoms with van der Waals surface area (Å²) in [7, 11) is 0. The molecule has 3 nitrogen and oxygen atoms in total. The van der Waals surface area contributed by atoms with Crippen LogP contribution in [-0.4, -0.2) is 6.54 Å². The summed E-state index contributed by atoms with van der Waals surface area (Å²) in [5.74, 6) is 1.75. The molecule has 1 aliphatic rings. The number of thioether (sulfide) groups is 1. The van der Waals surface area contributed by atoms with Gasteiger partial charge >= 0.3 is 5.89 Å². The molecule has 1 aromatic heterocycles. The van der Waals surface area contributed by atoms with Crippen molar-refractivity contribution in [3.8, 4) is 11.3 Å². The van der Waals surface area contributed by atoms with Gasteiger partial charge in [0.15, 0.2) is 0 Å². The smallest absolute Gasteiger partial charge is 0.373 e. The Bertz CT molecular complexity index is 989. The summed E-state index contributed by atoms with van der Waals surface area (Å²) in [6.45, 7) is 6.14. The first-order chi connectivity index (χ1) is 13.3. The van der Waals surface area contributed by atoms with E-state index in [4.69, 9.17) is 4.42 Å². The topological polar surface area (TPSA) is 20.3 Å². The summed E-state index contributed by atoms with van der Waals surface area (Å²) >= 11 is 1.81. The van der Waals surface area contributed by atoms with Crippen LogP contribution < -0.4 is 9.47 Å². The monoisotopic (exact) mass is 375 g/mol. The molecule has 4 rings (SSSR count). The van der Waals surface area contributed by atoms with Gasteiger partial charge in [-0.25, -0.2) is 0 Å². The number of allylic oxidation sites excluding steroid dienone is 2. The molecule has 0 spiro atoms. The number of nitrogens with zero attached hydrogens (tertiary/aromatic N) is 2. The maximum Gasteiger partial charge on any atom is 0.373 e. The molecule has 0 saturated heterocycles. The van der Waals surface area contributed by atoms with Crippen LogP contribution in [0.2, 0.25) is 0 Å². The fourth-order valence-electron chi connectivity index (χ4n) is 3.23. The quantitative estimate of drug-likeness (QED) is 0.530. The number of anilines is 1. The fourth-order valence-corrected chi connectivity index (χ4v) is 4.37. The molecule has 27 heavy (non-hydrogen) atoms. The van der Waals surface area contributed by atoms with Crippen LogP contribution in [0.25, 0.3) is 17.4 Å². The van der Waals surface area contributed by atoms with Crippen LogP contribution in [0.4, 0.5) is 5.69 Å². The highest BCUT2D eigenvalue weighted by Crippen LogP contribution is 2.45. The molecule has 0 atom stereocenters. The van der Waals surface area contributed by atoms with Gasteiger partial charge < -0.3 is 9.32 Å². The van der Waals surface area contributed by atoms with Gasteiger partial charge in [0.1, 0.15) is 6.54 Å². The molecule has 0 radical (unpaired) electrons. The average molecular weight is 376 g/mol. The molecule has 2 aromatic carbocycles. The van der Waals surface area contributed by atoms with E-state index in [-0.39, 0.29) is 0 Å². The molecule has 0 fully saturated rings. The Morgan fingerprint density at radius 1 is 1.04 bits per heavy atom. The highest BCUT2D eigenvalue weighted by atomic mass is 32.2. The van der Waals surface area contributed by atoms with E-state index < -0.39 is 0 Å². The van der Waals surface area contributed by atoms with Gasteiger partial charge in [0.25, 0.3) is 0 Å². The molecule has 0 aliphatic carbocycles. The van der Waals surface area contributed by atoms with Gasteiger partial charge in [0.05, 0.1) is 16.8 Å². The Morgan fingerprint density at radius 3 is 2.59 bits per heavy atom.